The molecule has 5 heteroatoms. The molecule has 2 rings (SSSR count). The smallest absolute Gasteiger partial charge is 0.410 e. The van der Waals surface area contributed by atoms with Crippen molar-refractivity contribution in [2.45, 2.75) is 51.7 Å². The van der Waals surface area contributed by atoms with Crippen molar-refractivity contribution in [1.82, 2.24) is 9.96 Å². The van der Waals surface area contributed by atoms with Crippen molar-refractivity contribution in [3.63, 3.8) is 0 Å². The van der Waals surface area contributed by atoms with Gasteiger partial charge in [0.1, 0.15) is 12.3 Å². The molecule has 2 saturated heterocycles. The Morgan fingerprint density at radius 3 is 2.59 bits per heavy atom. The number of likely N-dealkylation sites (tertiary alicyclic amines) is 1. The lowest BCUT2D eigenvalue weighted by molar-refractivity contribution is -0.0154. The van der Waals surface area contributed by atoms with E-state index < -0.39 is 5.60 Å². The van der Waals surface area contributed by atoms with Gasteiger partial charge in [0.2, 0.25) is 0 Å². The highest BCUT2D eigenvalue weighted by molar-refractivity contribution is 5.68. The minimum absolute atomic E-state index is 0.0465. The van der Waals surface area contributed by atoms with E-state index in [0.717, 1.165) is 19.4 Å². The maximum atomic E-state index is 12.0. The number of carbonyl (C=O) groups excluding carboxylic acids is 1. The number of piperidine rings is 1. The SMILES string of the molecule is CC(C)(C)OC(=O)N1CCCC(C)(N2CO2)C1. The second-order valence-electron chi connectivity index (χ2n) is 6.14. The minimum atomic E-state index is -0.429. The lowest BCUT2D eigenvalue weighted by Crippen LogP contribution is -2.53. The molecule has 0 aromatic carbocycles. The lowest BCUT2D eigenvalue weighted by atomic mass is 9.91. The Morgan fingerprint density at radius 2 is 2.06 bits per heavy atom. The molecule has 0 bridgehead atoms. The monoisotopic (exact) mass is 242 g/mol. The third-order valence-electron chi connectivity index (χ3n) is 3.19. The minimum Gasteiger partial charge on any atom is -0.444 e. The second-order valence-corrected chi connectivity index (χ2v) is 6.14. The average molecular weight is 242 g/mol. The van der Waals surface area contributed by atoms with Crippen molar-refractivity contribution < 1.29 is 14.4 Å². The van der Waals surface area contributed by atoms with Gasteiger partial charge in [0.05, 0.1) is 5.54 Å². The molecule has 0 spiro atoms. The zero-order valence-corrected chi connectivity index (χ0v) is 11.2. The van der Waals surface area contributed by atoms with Crippen LogP contribution in [0.15, 0.2) is 0 Å². The summed E-state index contributed by atoms with van der Waals surface area (Å²) in [5.41, 5.74) is -0.476. The van der Waals surface area contributed by atoms with Gasteiger partial charge in [-0.25, -0.2) is 4.79 Å². The largest absolute Gasteiger partial charge is 0.444 e. The molecular weight excluding hydrogens is 220 g/mol. The Balaban J connectivity index is 1.95. The van der Waals surface area contributed by atoms with E-state index in [1.54, 1.807) is 4.90 Å². The molecule has 2 unspecified atom stereocenters. The predicted octanol–water partition coefficient (Wildman–Crippen LogP) is 1.98. The van der Waals surface area contributed by atoms with E-state index in [1.165, 1.54) is 0 Å². The molecule has 98 valence electrons. The van der Waals surface area contributed by atoms with E-state index in [4.69, 9.17) is 9.57 Å². The molecule has 0 aromatic rings. The van der Waals surface area contributed by atoms with Crippen molar-refractivity contribution in [3.05, 3.63) is 0 Å². The van der Waals surface area contributed by atoms with Crippen molar-refractivity contribution in [3.8, 4) is 0 Å². The maximum absolute atomic E-state index is 12.0. The summed E-state index contributed by atoms with van der Waals surface area (Å²) >= 11 is 0. The summed E-state index contributed by atoms with van der Waals surface area (Å²) in [6.45, 7) is 9.94. The number of nitrogens with zero attached hydrogens (tertiary/aromatic N) is 2. The van der Waals surface area contributed by atoms with Crippen molar-refractivity contribution in [2.24, 2.45) is 0 Å². The standard InChI is InChI=1S/C12H22N2O3/c1-11(2,3)17-10(15)13-7-5-6-12(4,8-13)14-9-16-14/h5-9H2,1-4H3. The molecule has 2 fully saturated rings. The zero-order valence-electron chi connectivity index (χ0n) is 11.2. The Kier molecular flexibility index (Phi) is 3.08. The number of rotatable bonds is 1. The van der Waals surface area contributed by atoms with E-state index >= 15 is 0 Å². The number of hydroxylamine groups is 2. The average Bonchev–Trinajstić information content (AvgIpc) is 2.98. The van der Waals surface area contributed by atoms with E-state index in [2.05, 4.69) is 6.92 Å². The Hall–Kier alpha value is -0.810. The predicted molar refractivity (Wildman–Crippen MR) is 63.2 cm³/mol. The summed E-state index contributed by atoms with van der Waals surface area (Å²) in [6.07, 6.45) is 1.84. The molecule has 0 N–H and O–H groups in total. The molecule has 0 radical (unpaired) electrons. The fourth-order valence-electron chi connectivity index (χ4n) is 2.25. The molecule has 2 atom stereocenters. The van der Waals surface area contributed by atoms with E-state index in [1.807, 2.05) is 25.8 Å². The number of hydrogen-bond acceptors (Lipinski definition) is 4. The van der Waals surface area contributed by atoms with Crippen LogP contribution in [-0.2, 0) is 9.57 Å². The molecule has 2 aliphatic rings. The van der Waals surface area contributed by atoms with Crippen LogP contribution < -0.4 is 0 Å². The van der Waals surface area contributed by atoms with E-state index in [0.29, 0.717) is 13.3 Å². The van der Waals surface area contributed by atoms with Crippen LogP contribution in [0.3, 0.4) is 0 Å². The van der Waals surface area contributed by atoms with Crippen molar-refractivity contribution in [1.29, 1.82) is 0 Å². The van der Waals surface area contributed by atoms with Gasteiger partial charge in [0.15, 0.2) is 0 Å². The third kappa shape index (κ3) is 3.10. The first-order chi connectivity index (χ1) is 7.80. The van der Waals surface area contributed by atoms with Crippen LogP contribution in [-0.4, -0.2) is 47.0 Å². The van der Waals surface area contributed by atoms with Crippen molar-refractivity contribution >= 4 is 6.09 Å². The van der Waals surface area contributed by atoms with Gasteiger partial charge in [-0.2, -0.15) is 5.06 Å². The molecule has 2 aliphatic heterocycles. The van der Waals surface area contributed by atoms with Gasteiger partial charge in [0, 0.05) is 13.1 Å². The van der Waals surface area contributed by atoms with Gasteiger partial charge in [-0.3, -0.25) is 4.84 Å². The zero-order chi connectivity index (χ0) is 12.7. The number of ether oxygens (including phenoxy) is 1. The van der Waals surface area contributed by atoms with Gasteiger partial charge in [-0.1, -0.05) is 0 Å². The Morgan fingerprint density at radius 1 is 1.41 bits per heavy atom. The highest BCUT2D eigenvalue weighted by Crippen LogP contribution is 2.33. The van der Waals surface area contributed by atoms with Crippen LogP contribution in [0.4, 0.5) is 4.79 Å². The number of carbonyl (C=O) groups is 1. The molecule has 2 heterocycles. The normalized spacial score (nSPS) is 33.4. The number of hydrogen-bond donors (Lipinski definition) is 0. The summed E-state index contributed by atoms with van der Waals surface area (Å²) < 4.78 is 5.40. The molecule has 0 aliphatic carbocycles. The van der Waals surface area contributed by atoms with Crippen molar-refractivity contribution in [2.75, 3.05) is 19.8 Å². The topological polar surface area (TPSA) is 45.1 Å². The van der Waals surface area contributed by atoms with Crippen LogP contribution in [0.25, 0.3) is 0 Å². The quantitative estimate of drug-likeness (QED) is 0.660. The lowest BCUT2D eigenvalue weighted by Gasteiger charge is -2.40. The summed E-state index contributed by atoms with van der Waals surface area (Å²) in [7, 11) is 0. The van der Waals surface area contributed by atoms with Gasteiger partial charge in [-0.05, 0) is 40.5 Å². The third-order valence-corrected chi connectivity index (χ3v) is 3.19. The van der Waals surface area contributed by atoms with Crippen LogP contribution in [0.5, 0.6) is 0 Å². The fourth-order valence-corrected chi connectivity index (χ4v) is 2.25. The first-order valence-electron chi connectivity index (χ1n) is 6.19. The molecular formula is C12H22N2O3. The van der Waals surface area contributed by atoms with Gasteiger partial charge < -0.3 is 9.64 Å². The molecule has 0 aromatic heterocycles. The van der Waals surface area contributed by atoms with Gasteiger partial charge in [0.25, 0.3) is 0 Å². The summed E-state index contributed by atoms with van der Waals surface area (Å²) in [5.74, 6) is 0. The molecule has 5 nitrogen and oxygen atoms in total. The second kappa shape index (κ2) is 4.14. The molecule has 1 amide bonds. The van der Waals surface area contributed by atoms with Crippen LogP contribution in [0.2, 0.25) is 0 Å². The summed E-state index contributed by atoms with van der Waals surface area (Å²) in [5, 5.41) is 1.95. The maximum Gasteiger partial charge on any atom is 0.410 e. The molecule has 17 heavy (non-hydrogen) atoms. The van der Waals surface area contributed by atoms with Crippen LogP contribution in [0.1, 0.15) is 40.5 Å². The first kappa shape index (κ1) is 12.6. The van der Waals surface area contributed by atoms with E-state index in [9.17, 15) is 4.79 Å². The highest BCUT2D eigenvalue weighted by Gasteiger charge is 2.45. The highest BCUT2D eigenvalue weighted by atomic mass is 16.8. The van der Waals surface area contributed by atoms with Gasteiger partial charge >= 0.3 is 6.09 Å². The molecule has 0 saturated carbocycles. The Labute approximate surface area is 103 Å². The first-order valence-corrected chi connectivity index (χ1v) is 6.19. The fraction of sp³-hybridized carbons (Fsp3) is 0.917. The number of amides is 1. The van der Waals surface area contributed by atoms with Crippen LogP contribution >= 0.6 is 0 Å². The summed E-state index contributed by atoms with van der Waals surface area (Å²) in [4.78, 5) is 19.0. The Bertz CT molecular complexity index is 309. The van der Waals surface area contributed by atoms with Gasteiger partial charge in [-0.15, -0.1) is 0 Å². The van der Waals surface area contributed by atoms with Crippen LogP contribution in [0, 0.1) is 0 Å². The summed E-state index contributed by atoms with van der Waals surface area (Å²) in [6, 6.07) is 0. The van der Waals surface area contributed by atoms with E-state index in [-0.39, 0.29) is 11.6 Å².